The van der Waals surface area contributed by atoms with Gasteiger partial charge >= 0.3 is 5.97 Å². The van der Waals surface area contributed by atoms with E-state index in [-0.39, 0.29) is 5.91 Å². The van der Waals surface area contributed by atoms with E-state index in [1.165, 1.54) is 0 Å². The van der Waals surface area contributed by atoms with Crippen LogP contribution in [0.25, 0.3) is 0 Å². The van der Waals surface area contributed by atoms with Crippen molar-refractivity contribution in [3.8, 4) is 0 Å². The molecule has 5 nitrogen and oxygen atoms in total. The van der Waals surface area contributed by atoms with Crippen LogP contribution in [0.5, 0.6) is 0 Å². The number of carbonyl (C=O) groups is 2. The highest BCUT2D eigenvalue weighted by Gasteiger charge is 2.30. The molecule has 1 aromatic rings. The summed E-state index contributed by atoms with van der Waals surface area (Å²) in [6, 6.07) is 6.91. The maximum atomic E-state index is 11.8. The molecule has 1 aliphatic heterocycles. The van der Waals surface area contributed by atoms with E-state index in [9.17, 15) is 9.59 Å². The molecule has 1 saturated heterocycles. The topological polar surface area (TPSA) is 69.6 Å². The van der Waals surface area contributed by atoms with Crippen molar-refractivity contribution in [2.45, 2.75) is 31.8 Å². The highest BCUT2D eigenvalue weighted by molar-refractivity contribution is 6.31. The Morgan fingerprint density at radius 1 is 1.38 bits per heavy atom. The maximum absolute atomic E-state index is 11.8. The summed E-state index contributed by atoms with van der Waals surface area (Å²) < 4.78 is 0. The zero-order chi connectivity index (χ0) is 15.2. The highest BCUT2D eigenvalue weighted by Crippen LogP contribution is 2.17. The smallest absolute Gasteiger partial charge is 0.320 e. The lowest BCUT2D eigenvalue weighted by molar-refractivity contribution is -0.142. The molecule has 1 heterocycles. The summed E-state index contributed by atoms with van der Waals surface area (Å²) in [7, 11) is 0. The van der Waals surface area contributed by atoms with Crippen LogP contribution >= 0.6 is 11.6 Å². The SMILES string of the molecule is O=C(CCN1CCC[C@H]1C(=O)O)NCc1ccccc1Cl. The zero-order valence-electron chi connectivity index (χ0n) is 11.7. The Hall–Kier alpha value is -1.59. The number of halogens is 1. The molecule has 0 unspecified atom stereocenters. The molecule has 0 radical (unpaired) electrons. The molecule has 0 aliphatic carbocycles. The Bertz CT molecular complexity index is 521. The molecule has 0 bridgehead atoms. The van der Waals surface area contributed by atoms with Crippen molar-refractivity contribution in [2.24, 2.45) is 0 Å². The second kappa shape index (κ2) is 7.43. The van der Waals surface area contributed by atoms with Gasteiger partial charge in [-0.05, 0) is 31.0 Å². The normalized spacial score (nSPS) is 18.6. The maximum Gasteiger partial charge on any atom is 0.320 e. The number of carbonyl (C=O) groups excluding carboxylic acids is 1. The summed E-state index contributed by atoms with van der Waals surface area (Å²) in [4.78, 5) is 24.7. The van der Waals surface area contributed by atoms with Crippen molar-refractivity contribution >= 4 is 23.5 Å². The van der Waals surface area contributed by atoms with Gasteiger partial charge in [0.05, 0.1) is 0 Å². The largest absolute Gasteiger partial charge is 0.480 e. The van der Waals surface area contributed by atoms with Gasteiger partial charge in [-0.3, -0.25) is 14.5 Å². The molecule has 21 heavy (non-hydrogen) atoms. The average molecular weight is 311 g/mol. The van der Waals surface area contributed by atoms with E-state index in [0.717, 1.165) is 18.5 Å². The predicted octanol–water partition coefficient (Wildman–Crippen LogP) is 1.90. The van der Waals surface area contributed by atoms with Gasteiger partial charge in [-0.1, -0.05) is 29.8 Å². The number of hydrogen-bond donors (Lipinski definition) is 2. The van der Waals surface area contributed by atoms with Crippen LogP contribution in [-0.4, -0.2) is 41.0 Å². The monoisotopic (exact) mass is 310 g/mol. The summed E-state index contributed by atoms with van der Waals surface area (Å²) in [5, 5.41) is 12.5. The van der Waals surface area contributed by atoms with E-state index < -0.39 is 12.0 Å². The first-order chi connectivity index (χ1) is 10.1. The Kier molecular flexibility index (Phi) is 5.59. The predicted molar refractivity (Wildman–Crippen MR) is 80.1 cm³/mol. The van der Waals surface area contributed by atoms with Crippen molar-refractivity contribution in [1.29, 1.82) is 0 Å². The Labute approximate surface area is 128 Å². The van der Waals surface area contributed by atoms with Gasteiger partial charge in [0, 0.05) is 24.5 Å². The number of aliphatic carboxylic acids is 1. The van der Waals surface area contributed by atoms with Crippen molar-refractivity contribution < 1.29 is 14.7 Å². The van der Waals surface area contributed by atoms with E-state index in [0.29, 0.717) is 31.0 Å². The summed E-state index contributed by atoms with van der Waals surface area (Å²) >= 11 is 6.02. The van der Waals surface area contributed by atoms with E-state index in [4.69, 9.17) is 16.7 Å². The van der Waals surface area contributed by atoms with E-state index in [2.05, 4.69) is 5.32 Å². The first kappa shape index (κ1) is 15.8. The number of hydrogen-bond acceptors (Lipinski definition) is 3. The molecule has 2 N–H and O–H groups in total. The van der Waals surface area contributed by atoms with E-state index in [1.54, 1.807) is 6.07 Å². The van der Waals surface area contributed by atoms with Gasteiger partial charge < -0.3 is 10.4 Å². The minimum absolute atomic E-state index is 0.0917. The molecular formula is C15H19ClN2O3. The molecule has 0 saturated carbocycles. The Balaban J connectivity index is 1.75. The van der Waals surface area contributed by atoms with Gasteiger partial charge in [0.1, 0.15) is 6.04 Å². The number of nitrogens with zero attached hydrogens (tertiary/aromatic N) is 1. The second-order valence-electron chi connectivity index (χ2n) is 5.15. The fourth-order valence-electron chi connectivity index (χ4n) is 2.54. The first-order valence-corrected chi connectivity index (χ1v) is 7.42. The van der Waals surface area contributed by atoms with Gasteiger partial charge in [-0.2, -0.15) is 0 Å². The average Bonchev–Trinajstić information content (AvgIpc) is 2.93. The number of amides is 1. The third-order valence-electron chi connectivity index (χ3n) is 3.71. The fraction of sp³-hybridized carbons (Fsp3) is 0.467. The third-order valence-corrected chi connectivity index (χ3v) is 4.08. The van der Waals surface area contributed by atoms with Crippen LogP contribution in [0.4, 0.5) is 0 Å². The number of benzene rings is 1. The Morgan fingerprint density at radius 2 is 2.14 bits per heavy atom. The van der Waals surface area contributed by atoms with Crippen LogP contribution in [0.3, 0.4) is 0 Å². The second-order valence-corrected chi connectivity index (χ2v) is 5.56. The first-order valence-electron chi connectivity index (χ1n) is 7.05. The fourth-order valence-corrected chi connectivity index (χ4v) is 2.75. The molecule has 1 fully saturated rings. The van der Waals surface area contributed by atoms with Crippen molar-refractivity contribution in [3.63, 3.8) is 0 Å². The highest BCUT2D eigenvalue weighted by atomic mass is 35.5. The third kappa shape index (κ3) is 4.44. The van der Waals surface area contributed by atoms with Crippen LogP contribution in [0.15, 0.2) is 24.3 Å². The summed E-state index contributed by atoms with van der Waals surface area (Å²) in [5.74, 6) is -0.894. The van der Waals surface area contributed by atoms with Crippen LogP contribution < -0.4 is 5.32 Å². The van der Waals surface area contributed by atoms with E-state index in [1.807, 2.05) is 23.1 Å². The lowest BCUT2D eigenvalue weighted by Crippen LogP contribution is -2.38. The van der Waals surface area contributed by atoms with Gasteiger partial charge in [-0.25, -0.2) is 0 Å². The lowest BCUT2D eigenvalue weighted by atomic mass is 10.2. The van der Waals surface area contributed by atoms with Gasteiger partial charge in [0.15, 0.2) is 0 Å². The molecule has 0 spiro atoms. The Morgan fingerprint density at radius 3 is 2.86 bits per heavy atom. The van der Waals surface area contributed by atoms with Crippen molar-refractivity contribution in [3.05, 3.63) is 34.9 Å². The standard InChI is InChI=1S/C15H19ClN2O3/c16-12-5-2-1-4-11(12)10-17-14(19)7-9-18-8-3-6-13(18)15(20)21/h1-2,4-5,13H,3,6-10H2,(H,17,19)(H,20,21)/t13-/m0/s1. The molecule has 2 rings (SSSR count). The molecule has 0 aromatic heterocycles. The molecule has 1 amide bonds. The molecular weight excluding hydrogens is 292 g/mol. The summed E-state index contributed by atoms with van der Waals surface area (Å²) in [6.45, 7) is 1.61. The summed E-state index contributed by atoms with van der Waals surface area (Å²) in [6.07, 6.45) is 1.84. The number of carboxylic acids is 1. The van der Waals surface area contributed by atoms with Crippen molar-refractivity contribution in [1.82, 2.24) is 10.2 Å². The molecule has 1 aromatic carbocycles. The number of rotatable bonds is 6. The number of likely N-dealkylation sites (tertiary alicyclic amines) is 1. The molecule has 6 heteroatoms. The van der Waals surface area contributed by atoms with E-state index >= 15 is 0 Å². The summed E-state index contributed by atoms with van der Waals surface area (Å²) in [5.41, 5.74) is 0.872. The minimum Gasteiger partial charge on any atom is -0.480 e. The van der Waals surface area contributed by atoms with Gasteiger partial charge in [-0.15, -0.1) is 0 Å². The van der Waals surface area contributed by atoms with Crippen LogP contribution in [0.2, 0.25) is 5.02 Å². The molecule has 114 valence electrons. The molecule has 1 aliphatic rings. The van der Waals surface area contributed by atoms with Crippen LogP contribution in [-0.2, 0) is 16.1 Å². The van der Waals surface area contributed by atoms with Crippen LogP contribution in [0, 0.1) is 0 Å². The minimum atomic E-state index is -0.802. The molecule has 1 atom stereocenters. The van der Waals surface area contributed by atoms with Gasteiger partial charge in [0.2, 0.25) is 5.91 Å². The zero-order valence-corrected chi connectivity index (χ0v) is 12.5. The number of nitrogens with one attached hydrogen (secondary N) is 1. The van der Waals surface area contributed by atoms with Crippen LogP contribution in [0.1, 0.15) is 24.8 Å². The van der Waals surface area contributed by atoms with Gasteiger partial charge in [0.25, 0.3) is 0 Å². The lowest BCUT2D eigenvalue weighted by Gasteiger charge is -2.20. The van der Waals surface area contributed by atoms with Crippen molar-refractivity contribution in [2.75, 3.05) is 13.1 Å². The number of carboxylic acid groups (broad SMARTS) is 1. The quantitative estimate of drug-likeness (QED) is 0.842.